The van der Waals surface area contributed by atoms with Gasteiger partial charge in [0.25, 0.3) is 0 Å². The van der Waals surface area contributed by atoms with Crippen LogP contribution in [0.15, 0.2) is 57.5 Å². The number of benzene rings is 2. The number of nitrogens with zero attached hydrogens (tertiary/aromatic N) is 4. The molecular weight excluding hydrogens is 596 g/mol. The fraction of sp³-hybridized carbons (Fsp3) is 0.333. The molecule has 0 atom stereocenters. The highest BCUT2D eigenvalue weighted by Gasteiger charge is 2.06. The van der Waals surface area contributed by atoms with Crippen molar-refractivity contribution in [2.45, 2.75) is 38.5 Å². The van der Waals surface area contributed by atoms with Crippen LogP contribution in [0.4, 0.5) is 0 Å². The van der Waals surface area contributed by atoms with E-state index in [1.54, 1.807) is 0 Å². The highest BCUT2D eigenvalue weighted by molar-refractivity contribution is 9.10. The molecule has 2 heterocycles. The van der Waals surface area contributed by atoms with Crippen LogP contribution in [0.1, 0.15) is 37.3 Å². The van der Waals surface area contributed by atoms with Gasteiger partial charge in [0.2, 0.25) is 0 Å². The first kappa shape index (κ1) is 28.1. The summed E-state index contributed by atoms with van der Waals surface area (Å²) in [6.45, 7) is 0.710. The Hall–Kier alpha value is -2.48. The Labute approximate surface area is 225 Å². The van der Waals surface area contributed by atoms with Crippen LogP contribution in [0.5, 0.6) is 0 Å². The van der Waals surface area contributed by atoms with Gasteiger partial charge in [-0.1, -0.05) is 56.1 Å². The van der Waals surface area contributed by atoms with Gasteiger partial charge in [-0.3, -0.25) is 20.7 Å². The topological polar surface area (TPSA) is 142 Å². The van der Waals surface area contributed by atoms with Crippen molar-refractivity contribution in [2.24, 2.45) is 0 Å². The number of aromatic nitrogens is 6. The summed E-state index contributed by atoms with van der Waals surface area (Å²) in [5.74, 6) is 3.11. The van der Waals surface area contributed by atoms with E-state index in [2.05, 4.69) is 72.0 Å². The van der Waals surface area contributed by atoms with Gasteiger partial charge < -0.3 is 0 Å². The molecule has 0 bridgehead atoms. The second kappa shape index (κ2) is 15.6. The van der Waals surface area contributed by atoms with Gasteiger partial charge in [0, 0.05) is 32.9 Å². The van der Waals surface area contributed by atoms with Crippen molar-refractivity contribution >= 4 is 31.9 Å². The Bertz CT molecular complexity index is 1060. The lowest BCUT2D eigenvalue weighted by Gasteiger charge is -1.96. The predicted molar refractivity (Wildman–Crippen MR) is 142 cm³/mol. The third-order valence-electron chi connectivity index (χ3n) is 5.07. The minimum atomic E-state index is 0.355. The minimum absolute atomic E-state index is 0.355. The number of rotatable bonds is 12. The Kier molecular flexibility index (Phi) is 12.2. The smallest absolute Gasteiger partial charge is 0.181 e. The van der Waals surface area contributed by atoms with E-state index in [1.807, 2.05) is 48.5 Å². The molecule has 0 aliphatic heterocycles. The molecule has 0 amide bonds. The van der Waals surface area contributed by atoms with E-state index in [0.29, 0.717) is 24.9 Å². The molecule has 10 nitrogen and oxygen atoms in total. The lowest BCUT2D eigenvalue weighted by Crippen LogP contribution is -1.93. The van der Waals surface area contributed by atoms with Gasteiger partial charge in [-0.25, -0.2) is 19.7 Å². The van der Waals surface area contributed by atoms with Gasteiger partial charge in [0.15, 0.2) is 11.6 Å². The highest BCUT2D eigenvalue weighted by Crippen LogP contribution is 2.19. The van der Waals surface area contributed by atoms with Gasteiger partial charge in [0.05, 0.1) is 13.2 Å². The SMILES string of the molecule is OOCCCCc1nc(-c2ccc(Br)cc2)n[nH]1.OOCCCCc1nc(-c2ccc(Br)cc2)n[nH]1. The lowest BCUT2D eigenvalue weighted by molar-refractivity contribution is -0.242. The highest BCUT2D eigenvalue weighted by atomic mass is 79.9. The Morgan fingerprint density at radius 2 is 1.00 bits per heavy atom. The molecule has 36 heavy (non-hydrogen) atoms. The normalized spacial score (nSPS) is 10.8. The largest absolute Gasteiger partial charge is 0.263 e. The number of aryl methyl sites for hydroxylation is 2. The molecule has 0 aliphatic carbocycles. The first-order valence-corrected chi connectivity index (χ1v) is 13.0. The van der Waals surface area contributed by atoms with Crippen LogP contribution in [0.3, 0.4) is 0 Å². The maximum absolute atomic E-state index is 8.20. The first-order chi connectivity index (χ1) is 17.6. The fourth-order valence-electron chi connectivity index (χ4n) is 3.19. The summed E-state index contributed by atoms with van der Waals surface area (Å²) in [5.41, 5.74) is 1.97. The van der Waals surface area contributed by atoms with Crippen molar-refractivity contribution in [2.75, 3.05) is 13.2 Å². The maximum atomic E-state index is 8.20. The molecule has 4 aromatic rings. The molecule has 2 aromatic carbocycles. The van der Waals surface area contributed by atoms with Crippen molar-refractivity contribution in [3.05, 3.63) is 69.1 Å². The van der Waals surface area contributed by atoms with Crippen molar-refractivity contribution in [1.82, 2.24) is 30.4 Å². The van der Waals surface area contributed by atoms with Gasteiger partial charge in [0.1, 0.15) is 11.6 Å². The van der Waals surface area contributed by atoms with Crippen molar-refractivity contribution in [1.29, 1.82) is 0 Å². The molecule has 2 aromatic heterocycles. The van der Waals surface area contributed by atoms with Crippen LogP contribution in [-0.2, 0) is 22.6 Å². The third-order valence-corrected chi connectivity index (χ3v) is 6.12. The molecule has 0 saturated heterocycles. The van der Waals surface area contributed by atoms with Gasteiger partial charge in [-0.2, -0.15) is 10.2 Å². The summed E-state index contributed by atoms with van der Waals surface area (Å²) in [6, 6.07) is 15.7. The average molecular weight is 624 g/mol. The summed E-state index contributed by atoms with van der Waals surface area (Å²) < 4.78 is 2.07. The number of H-pyrrole nitrogens is 2. The molecule has 4 N–H and O–H groups in total. The number of hydrogen-bond donors (Lipinski definition) is 4. The van der Waals surface area contributed by atoms with Gasteiger partial charge in [-0.05, 0) is 49.9 Å². The molecule has 12 heteroatoms. The van der Waals surface area contributed by atoms with E-state index < -0.39 is 0 Å². The number of hydrogen-bond acceptors (Lipinski definition) is 8. The molecule has 0 aliphatic rings. The standard InChI is InChI=1S/2C12H14BrN3O2/c2*13-10-6-4-9(5-7-10)12-14-11(15-16-12)3-1-2-8-18-17/h2*4-7,17H,1-3,8H2,(H,14,15,16). The summed E-state index contributed by atoms with van der Waals surface area (Å²) in [5, 5.41) is 30.6. The van der Waals surface area contributed by atoms with Crippen LogP contribution in [0, 0.1) is 0 Å². The Morgan fingerprint density at radius 3 is 1.36 bits per heavy atom. The van der Waals surface area contributed by atoms with E-state index in [4.69, 9.17) is 10.5 Å². The Balaban J connectivity index is 0.000000201. The molecule has 0 spiro atoms. The van der Waals surface area contributed by atoms with Gasteiger partial charge >= 0.3 is 0 Å². The van der Waals surface area contributed by atoms with Crippen LogP contribution in [-0.4, -0.2) is 54.1 Å². The quantitative estimate of drug-likeness (QED) is 0.0843. The predicted octanol–water partition coefficient (Wildman–Crippen LogP) is 6.09. The van der Waals surface area contributed by atoms with Crippen molar-refractivity contribution in [3.8, 4) is 22.8 Å². The summed E-state index contributed by atoms with van der Waals surface area (Å²) in [4.78, 5) is 16.9. The van der Waals surface area contributed by atoms with Crippen molar-refractivity contribution in [3.63, 3.8) is 0 Å². The zero-order valence-electron chi connectivity index (χ0n) is 19.5. The zero-order chi connectivity index (χ0) is 25.6. The molecular formula is C24H28Br2N6O4. The molecule has 0 radical (unpaired) electrons. The Morgan fingerprint density at radius 1 is 0.611 bits per heavy atom. The van der Waals surface area contributed by atoms with E-state index in [0.717, 1.165) is 70.2 Å². The molecule has 0 fully saturated rings. The molecule has 0 unspecified atom stereocenters. The second-order valence-electron chi connectivity index (χ2n) is 7.81. The number of nitrogens with one attached hydrogen (secondary N) is 2. The van der Waals surface area contributed by atoms with E-state index in [-0.39, 0.29) is 0 Å². The van der Waals surface area contributed by atoms with Crippen LogP contribution < -0.4 is 0 Å². The minimum Gasteiger partial charge on any atom is -0.263 e. The van der Waals surface area contributed by atoms with E-state index >= 15 is 0 Å². The number of unbranched alkanes of at least 4 members (excludes halogenated alkanes) is 2. The van der Waals surface area contributed by atoms with E-state index in [9.17, 15) is 0 Å². The number of aromatic amines is 2. The average Bonchev–Trinajstić information content (AvgIpc) is 3.56. The van der Waals surface area contributed by atoms with Crippen LogP contribution in [0.25, 0.3) is 22.8 Å². The second-order valence-corrected chi connectivity index (χ2v) is 9.64. The van der Waals surface area contributed by atoms with E-state index in [1.165, 1.54) is 0 Å². The van der Waals surface area contributed by atoms with Crippen molar-refractivity contribution < 1.29 is 20.3 Å². The molecule has 0 saturated carbocycles. The number of halogens is 2. The van der Waals surface area contributed by atoms with Crippen LogP contribution in [0.2, 0.25) is 0 Å². The summed E-state index contributed by atoms with van der Waals surface area (Å²) >= 11 is 6.78. The molecule has 4 rings (SSSR count). The summed E-state index contributed by atoms with van der Waals surface area (Å²) in [7, 11) is 0. The van der Waals surface area contributed by atoms with Crippen LogP contribution >= 0.6 is 31.9 Å². The first-order valence-electron chi connectivity index (χ1n) is 11.5. The van der Waals surface area contributed by atoms with Gasteiger partial charge in [-0.15, -0.1) is 0 Å². The monoisotopic (exact) mass is 622 g/mol. The fourth-order valence-corrected chi connectivity index (χ4v) is 3.72. The third kappa shape index (κ3) is 9.52. The lowest BCUT2D eigenvalue weighted by atomic mass is 10.2. The maximum Gasteiger partial charge on any atom is 0.181 e. The summed E-state index contributed by atoms with van der Waals surface area (Å²) in [6.07, 6.45) is 4.99. The zero-order valence-corrected chi connectivity index (χ0v) is 22.7. The molecule has 192 valence electrons.